The second-order valence-corrected chi connectivity index (χ2v) is 12.9. The average molecular weight is 654 g/mol. The SMILES string of the molecule is CC1CC(C2CC(C(F)(F)F)=C(C(=O)C(CCC3(C(F)(F)F)CC3)CC(=O)c3c(Cl)cccc3Cl)C=N2)CCC1C(=O)O. The highest BCUT2D eigenvalue weighted by Crippen LogP contribution is 2.61. The molecule has 2 fully saturated rings. The third-order valence-corrected chi connectivity index (χ3v) is 9.91. The molecule has 5 nitrogen and oxygen atoms in total. The maximum atomic E-state index is 14.4. The molecule has 0 amide bonds. The van der Waals surface area contributed by atoms with Crippen LogP contribution in [0.25, 0.3) is 0 Å². The summed E-state index contributed by atoms with van der Waals surface area (Å²) in [4.78, 5) is 42.7. The summed E-state index contributed by atoms with van der Waals surface area (Å²) in [6, 6.07) is 3.36. The second-order valence-electron chi connectivity index (χ2n) is 12.0. The molecule has 5 unspecified atom stereocenters. The van der Waals surface area contributed by atoms with Crippen molar-refractivity contribution in [2.24, 2.45) is 34.1 Å². The fourth-order valence-electron chi connectivity index (χ4n) is 6.46. The quantitative estimate of drug-likeness (QED) is 0.202. The number of aliphatic imine (C=N–C) groups is 1. The summed E-state index contributed by atoms with van der Waals surface area (Å²) in [5.74, 6) is -5.54. The molecule has 1 aromatic rings. The first-order valence-electron chi connectivity index (χ1n) is 14.1. The summed E-state index contributed by atoms with van der Waals surface area (Å²) < 4.78 is 84.1. The number of rotatable bonds is 10. The molecule has 236 valence electrons. The molecular weight excluding hydrogens is 623 g/mol. The minimum atomic E-state index is -4.94. The van der Waals surface area contributed by atoms with Gasteiger partial charge in [-0.3, -0.25) is 19.4 Å². The molecule has 43 heavy (non-hydrogen) atoms. The van der Waals surface area contributed by atoms with E-state index in [2.05, 4.69) is 4.99 Å². The lowest BCUT2D eigenvalue weighted by atomic mass is 9.71. The number of carboxylic acids is 1. The van der Waals surface area contributed by atoms with Crippen molar-refractivity contribution in [3.8, 4) is 0 Å². The first-order valence-corrected chi connectivity index (χ1v) is 14.8. The van der Waals surface area contributed by atoms with Crippen LogP contribution in [0.2, 0.25) is 10.0 Å². The first kappa shape index (κ1) is 33.5. The smallest absolute Gasteiger partial charge is 0.413 e. The number of carbonyl (C=O) groups excluding carboxylic acids is 2. The van der Waals surface area contributed by atoms with Gasteiger partial charge in [0.15, 0.2) is 11.6 Å². The number of alkyl halides is 6. The van der Waals surface area contributed by atoms with Crippen molar-refractivity contribution in [1.29, 1.82) is 0 Å². The zero-order chi connectivity index (χ0) is 31.9. The van der Waals surface area contributed by atoms with Gasteiger partial charge in [0.25, 0.3) is 0 Å². The average Bonchev–Trinajstić information content (AvgIpc) is 3.71. The molecule has 0 saturated heterocycles. The Balaban J connectivity index is 1.62. The number of carboxylic acid groups (broad SMARTS) is 1. The van der Waals surface area contributed by atoms with Gasteiger partial charge in [0.05, 0.1) is 33.0 Å². The van der Waals surface area contributed by atoms with Crippen LogP contribution in [0.15, 0.2) is 34.3 Å². The molecule has 2 saturated carbocycles. The minimum Gasteiger partial charge on any atom is -0.481 e. The number of dihydropyridines is 1. The van der Waals surface area contributed by atoms with E-state index in [1.165, 1.54) is 18.2 Å². The molecule has 0 bridgehead atoms. The Morgan fingerprint density at radius 2 is 1.70 bits per heavy atom. The maximum Gasteiger partial charge on any atom is 0.413 e. The van der Waals surface area contributed by atoms with E-state index in [4.69, 9.17) is 23.2 Å². The van der Waals surface area contributed by atoms with Crippen LogP contribution in [0.3, 0.4) is 0 Å². The van der Waals surface area contributed by atoms with Crippen LogP contribution in [-0.2, 0) is 9.59 Å². The van der Waals surface area contributed by atoms with Crippen molar-refractivity contribution in [3.05, 3.63) is 45.0 Å². The molecule has 3 aliphatic rings. The van der Waals surface area contributed by atoms with E-state index in [0.717, 1.165) is 6.21 Å². The Morgan fingerprint density at radius 1 is 1.07 bits per heavy atom. The number of benzene rings is 1. The molecule has 2 aliphatic carbocycles. The second kappa shape index (κ2) is 12.5. The Hall–Kier alpha value is -2.40. The molecule has 1 heterocycles. The molecule has 0 spiro atoms. The van der Waals surface area contributed by atoms with Gasteiger partial charge >= 0.3 is 18.3 Å². The summed E-state index contributed by atoms with van der Waals surface area (Å²) in [7, 11) is 0. The van der Waals surface area contributed by atoms with E-state index in [1.54, 1.807) is 6.92 Å². The first-order chi connectivity index (χ1) is 19.9. The Morgan fingerprint density at radius 3 is 2.21 bits per heavy atom. The predicted octanol–water partition coefficient (Wildman–Crippen LogP) is 8.71. The van der Waals surface area contributed by atoms with E-state index < -0.39 is 90.0 Å². The number of ketones is 2. The van der Waals surface area contributed by atoms with Crippen LogP contribution >= 0.6 is 23.2 Å². The lowest BCUT2D eigenvalue weighted by molar-refractivity contribution is -0.189. The van der Waals surface area contributed by atoms with Crippen molar-refractivity contribution >= 4 is 47.0 Å². The van der Waals surface area contributed by atoms with Crippen molar-refractivity contribution in [1.82, 2.24) is 0 Å². The number of halogens is 8. The molecule has 5 atom stereocenters. The Bertz CT molecular complexity index is 1310. The summed E-state index contributed by atoms with van der Waals surface area (Å²) in [6.07, 6.45) is -10.3. The van der Waals surface area contributed by atoms with Crippen LogP contribution in [0.4, 0.5) is 26.3 Å². The van der Waals surface area contributed by atoms with Gasteiger partial charge in [0, 0.05) is 36.1 Å². The zero-order valence-electron chi connectivity index (χ0n) is 23.2. The van der Waals surface area contributed by atoms with Gasteiger partial charge in [0.1, 0.15) is 0 Å². The highest BCUT2D eigenvalue weighted by molar-refractivity contribution is 6.39. The number of allylic oxidation sites excluding steroid dienone is 1. The fourth-order valence-corrected chi connectivity index (χ4v) is 7.06. The Kier molecular flexibility index (Phi) is 9.77. The van der Waals surface area contributed by atoms with Crippen molar-refractivity contribution in [3.63, 3.8) is 0 Å². The summed E-state index contributed by atoms with van der Waals surface area (Å²) in [6.45, 7) is 1.73. The van der Waals surface area contributed by atoms with Gasteiger partial charge in [-0.25, -0.2) is 0 Å². The molecule has 1 N–H and O–H groups in total. The normalized spacial score (nSPS) is 26.3. The highest BCUT2D eigenvalue weighted by Gasteiger charge is 2.62. The lowest BCUT2D eigenvalue weighted by Gasteiger charge is -2.36. The standard InChI is InChI=1S/C30H31Cl2F6NO4/c1-15-11-16(5-6-18(15)27(42)43)23-13-20(29(33,34)35)19(14-39-23)26(41)17(7-8-28(9-10-28)30(36,37)38)12-24(40)25-21(31)3-2-4-22(25)32/h2-4,14-18,23H,5-13H2,1H3,(H,42,43). The van der Waals surface area contributed by atoms with Crippen LogP contribution in [-0.4, -0.2) is 47.3 Å². The molecule has 4 rings (SSSR count). The molecule has 1 aromatic carbocycles. The van der Waals surface area contributed by atoms with Crippen LogP contribution < -0.4 is 0 Å². The summed E-state index contributed by atoms with van der Waals surface area (Å²) in [5, 5.41) is 9.28. The number of carbonyl (C=O) groups is 3. The van der Waals surface area contributed by atoms with Crippen molar-refractivity contribution in [2.45, 2.75) is 83.1 Å². The zero-order valence-corrected chi connectivity index (χ0v) is 24.7. The third-order valence-electron chi connectivity index (χ3n) is 9.28. The van der Waals surface area contributed by atoms with E-state index >= 15 is 0 Å². The Labute approximate surface area is 254 Å². The van der Waals surface area contributed by atoms with Gasteiger partial charge in [-0.15, -0.1) is 0 Å². The van der Waals surface area contributed by atoms with Gasteiger partial charge in [-0.05, 0) is 68.9 Å². The van der Waals surface area contributed by atoms with E-state index in [-0.39, 0.29) is 40.3 Å². The fraction of sp³-hybridized carbons (Fsp3) is 0.600. The topological polar surface area (TPSA) is 83.8 Å². The van der Waals surface area contributed by atoms with Crippen molar-refractivity contribution in [2.75, 3.05) is 0 Å². The number of Topliss-reactive ketones (excluding diaryl/α,β-unsaturated/α-hetero) is 2. The van der Waals surface area contributed by atoms with Crippen molar-refractivity contribution < 1.29 is 45.8 Å². The maximum absolute atomic E-state index is 14.4. The predicted molar refractivity (Wildman–Crippen MR) is 148 cm³/mol. The number of aliphatic carboxylic acids is 1. The largest absolute Gasteiger partial charge is 0.481 e. The number of nitrogens with zero attached hydrogens (tertiary/aromatic N) is 1. The molecule has 13 heteroatoms. The van der Waals surface area contributed by atoms with E-state index in [1.807, 2.05) is 0 Å². The third kappa shape index (κ3) is 7.30. The van der Waals surface area contributed by atoms with Gasteiger partial charge < -0.3 is 5.11 Å². The van der Waals surface area contributed by atoms with Gasteiger partial charge in [0.2, 0.25) is 0 Å². The molecule has 0 aromatic heterocycles. The number of hydrogen-bond acceptors (Lipinski definition) is 4. The minimum absolute atomic E-state index is 0.0539. The van der Waals surface area contributed by atoms with Crippen LogP contribution in [0.1, 0.15) is 75.1 Å². The van der Waals surface area contributed by atoms with E-state index in [0.29, 0.717) is 19.3 Å². The summed E-state index contributed by atoms with van der Waals surface area (Å²) >= 11 is 12.2. The van der Waals surface area contributed by atoms with E-state index in [9.17, 15) is 45.8 Å². The highest BCUT2D eigenvalue weighted by atomic mass is 35.5. The van der Waals surface area contributed by atoms with Crippen LogP contribution in [0, 0.1) is 29.1 Å². The lowest BCUT2D eigenvalue weighted by Crippen LogP contribution is -2.37. The molecular formula is C30H31Cl2F6NO4. The molecule has 1 aliphatic heterocycles. The van der Waals surface area contributed by atoms with Gasteiger partial charge in [-0.2, -0.15) is 26.3 Å². The summed E-state index contributed by atoms with van der Waals surface area (Å²) in [5.41, 5.74) is -4.10. The number of hydrogen-bond donors (Lipinski definition) is 1. The molecule has 0 radical (unpaired) electrons. The van der Waals surface area contributed by atoms with Gasteiger partial charge in [-0.1, -0.05) is 36.2 Å². The monoisotopic (exact) mass is 653 g/mol. The van der Waals surface area contributed by atoms with Crippen LogP contribution in [0.5, 0.6) is 0 Å².